The van der Waals surface area contributed by atoms with Gasteiger partial charge in [0.15, 0.2) is 0 Å². The lowest BCUT2D eigenvalue weighted by molar-refractivity contribution is -0.142. The maximum Gasteiger partial charge on any atom is 0.318 e. The highest BCUT2D eigenvalue weighted by Gasteiger charge is 2.27. The molecule has 0 spiro atoms. The van der Waals surface area contributed by atoms with E-state index >= 15 is 0 Å². The Morgan fingerprint density at radius 2 is 1.87 bits per heavy atom. The second-order valence-corrected chi connectivity index (χ2v) is 3.13. The first-order chi connectivity index (χ1) is 6.93. The standard InChI is InChI=1S/C10H10O5/c1-5(11)9(10(14)15)7-4-6(12)2-3-8(7)13/h2-4,9,12-13H,1H3,(H,14,15). The Labute approximate surface area is 85.6 Å². The summed E-state index contributed by atoms with van der Waals surface area (Å²) in [5.41, 5.74) is -0.102. The summed E-state index contributed by atoms with van der Waals surface area (Å²) in [5.74, 6) is -3.94. The molecule has 0 aliphatic rings. The number of carbonyl (C=O) groups excluding carboxylic acids is 1. The van der Waals surface area contributed by atoms with Gasteiger partial charge in [0.1, 0.15) is 23.2 Å². The maximum atomic E-state index is 11.1. The largest absolute Gasteiger partial charge is 0.508 e. The fraction of sp³-hybridized carbons (Fsp3) is 0.200. The lowest BCUT2D eigenvalue weighted by Crippen LogP contribution is -2.19. The summed E-state index contributed by atoms with van der Waals surface area (Å²) in [6.07, 6.45) is 0. The molecule has 5 nitrogen and oxygen atoms in total. The van der Waals surface area contributed by atoms with Crippen LogP contribution in [-0.4, -0.2) is 27.1 Å². The van der Waals surface area contributed by atoms with Gasteiger partial charge in [0.05, 0.1) is 0 Å². The number of aliphatic carboxylic acids is 1. The van der Waals surface area contributed by atoms with Gasteiger partial charge in [0, 0.05) is 5.56 Å². The van der Waals surface area contributed by atoms with Gasteiger partial charge in [0.2, 0.25) is 0 Å². The first kappa shape index (κ1) is 11.0. The average Bonchev–Trinajstić information content (AvgIpc) is 2.10. The summed E-state index contributed by atoms with van der Waals surface area (Å²) in [5, 5.41) is 27.3. The molecular weight excluding hydrogens is 200 g/mol. The van der Waals surface area contributed by atoms with Crippen molar-refractivity contribution in [1.82, 2.24) is 0 Å². The molecule has 0 saturated heterocycles. The number of rotatable bonds is 3. The van der Waals surface area contributed by atoms with Gasteiger partial charge in [-0.15, -0.1) is 0 Å². The summed E-state index contributed by atoms with van der Waals surface area (Å²) in [6, 6.07) is 3.41. The third kappa shape index (κ3) is 2.25. The van der Waals surface area contributed by atoms with Gasteiger partial charge in [-0.2, -0.15) is 0 Å². The molecular formula is C10H10O5. The van der Waals surface area contributed by atoms with Gasteiger partial charge < -0.3 is 15.3 Å². The minimum Gasteiger partial charge on any atom is -0.508 e. The van der Waals surface area contributed by atoms with Crippen molar-refractivity contribution < 1.29 is 24.9 Å². The first-order valence-corrected chi connectivity index (χ1v) is 4.18. The normalized spacial score (nSPS) is 12.1. The number of Topliss-reactive ketones (excluding diaryl/α,β-unsaturated/α-hetero) is 1. The van der Waals surface area contributed by atoms with E-state index in [-0.39, 0.29) is 17.1 Å². The second kappa shape index (κ2) is 4.00. The SMILES string of the molecule is CC(=O)C(C(=O)O)c1cc(O)ccc1O. The molecule has 0 saturated carbocycles. The number of carboxylic acid groups (broad SMARTS) is 1. The number of phenols is 2. The zero-order valence-electron chi connectivity index (χ0n) is 7.97. The van der Waals surface area contributed by atoms with Gasteiger partial charge in [-0.3, -0.25) is 9.59 Å². The van der Waals surface area contributed by atoms with Crippen LogP contribution < -0.4 is 0 Å². The fourth-order valence-corrected chi connectivity index (χ4v) is 1.30. The van der Waals surface area contributed by atoms with Crippen LogP contribution in [-0.2, 0) is 9.59 Å². The molecule has 1 atom stereocenters. The molecule has 0 aliphatic carbocycles. The molecule has 0 bridgehead atoms. The van der Waals surface area contributed by atoms with Crippen molar-refractivity contribution in [3.63, 3.8) is 0 Å². The average molecular weight is 210 g/mol. The molecule has 1 unspecified atom stereocenters. The molecule has 0 fully saturated rings. The molecule has 0 heterocycles. The summed E-state index contributed by atoms with van der Waals surface area (Å²) < 4.78 is 0. The number of benzene rings is 1. The lowest BCUT2D eigenvalue weighted by atomic mass is 9.94. The summed E-state index contributed by atoms with van der Waals surface area (Å²) in [7, 11) is 0. The van der Waals surface area contributed by atoms with Crippen LogP contribution >= 0.6 is 0 Å². The Bertz CT molecular complexity index is 396. The summed E-state index contributed by atoms with van der Waals surface area (Å²) in [4.78, 5) is 21.9. The number of ketones is 1. The van der Waals surface area contributed by atoms with Crippen LogP contribution in [0.4, 0.5) is 0 Å². The third-order valence-corrected chi connectivity index (χ3v) is 1.98. The number of phenolic OH excluding ortho intramolecular Hbond substituents is 2. The van der Waals surface area contributed by atoms with Gasteiger partial charge in [-0.25, -0.2) is 0 Å². The zero-order valence-corrected chi connectivity index (χ0v) is 7.97. The van der Waals surface area contributed by atoms with Gasteiger partial charge in [-0.05, 0) is 25.1 Å². The van der Waals surface area contributed by atoms with Gasteiger partial charge in [0.25, 0.3) is 0 Å². The van der Waals surface area contributed by atoms with Crippen LogP contribution in [0.5, 0.6) is 11.5 Å². The molecule has 1 aromatic carbocycles. The van der Waals surface area contributed by atoms with Crippen molar-refractivity contribution in [1.29, 1.82) is 0 Å². The third-order valence-electron chi connectivity index (χ3n) is 1.98. The van der Waals surface area contributed by atoms with Crippen molar-refractivity contribution in [2.24, 2.45) is 0 Å². The Morgan fingerprint density at radius 3 is 2.33 bits per heavy atom. The van der Waals surface area contributed by atoms with Gasteiger partial charge >= 0.3 is 5.97 Å². The van der Waals surface area contributed by atoms with E-state index in [9.17, 15) is 14.7 Å². The van der Waals surface area contributed by atoms with E-state index in [0.717, 1.165) is 19.1 Å². The highest BCUT2D eigenvalue weighted by atomic mass is 16.4. The molecule has 0 amide bonds. The Hall–Kier alpha value is -2.04. The smallest absolute Gasteiger partial charge is 0.318 e. The van der Waals surface area contributed by atoms with Crippen LogP contribution in [0.15, 0.2) is 18.2 Å². The van der Waals surface area contributed by atoms with Crippen molar-refractivity contribution in [3.8, 4) is 11.5 Å². The predicted octanol–water partition coefficient (Wildman–Crippen LogP) is 0.855. The minimum atomic E-state index is -1.45. The summed E-state index contributed by atoms with van der Waals surface area (Å²) >= 11 is 0. The van der Waals surface area contributed by atoms with E-state index in [1.807, 2.05) is 0 Å². The Morgan fingerprint density at radius 1 is 1.27 bits per heavy atom. The topological polar surface area (TPSA) is 94.8 Å². The Kier molecular flexibility index (Phi) is 2.94. The fourth-order valence-electron chi connectivity index (χ4n) is 1.30. The summed E-state index contributed by atoms with van der Waals surface area (Å²) in [6.45, 7) is 1.11. The zero-order chi connectivity index (χ0) is 11.6. The number of hydrogen-bond acceptors (Lipinski definition) is 4. The van der Waals surface area contributed by atoms with Crippen LogP contribution in [0.25, 0.3) is 0 Å². The molecule has 1 aromatic rings. The highest BCUT2D eigenvalue weighted by molar-refractivity contribution is 6.03. The van der Waals surface area contributed by atoms with Crippen molar-refractivity contribution in [3.05, 3.63) is 23.8 Å². The molecule has 3 N–H and O–H groups in total. The minimum absolute atomic E-state index is 0.102. The Balaban J connectivity index is 3.28. The van der Waals surface area contributed by atoms with E-state index < -0.39 is 17.7 Å². The molecule has 0 radical (unpaired) electrons. The lowest BCUT2D eigenvalue weighted by Gasteiger charge is -2.11. The van der Waals surface area contributed by atoms with Gasteiger partial charge in [-0.1, -0.05) is 0 Å². The van der Waals surface area contributed by atoms with Crippen molar-refractivity contribution in [2.75, 3.05) is 0 Å². The molecule has 80 valence electrons. The van der Waals surface area contributed by atoms with Crippen molar-refractivity contribution in [2.45, 2.75) is 12.8 Å². The van der Waals surface area contributed by atoms with E-state index in [0.29, 0.717) is 0 Å². The van der Waals surface area contributed by atoms with Crippen LogP contribution in [0.2, 0.25) is 0 Å². The van der Waals surface area contributed by atoms with E-state index in [2.05, 4.69) is 0 Å². The monoisotopic (exact) mass is 210 g/mol. The number of aromatic hydroxyl groups is 2. The van der Waals surface area contributed by atoms with E-state index in [1.54, 1.807) is 0 Å². The van der Waals surface area contributed by atoms with Crippen LogP contribution in [0.3, 0.4) is 0 Å². The maximum absolute atomic E-state index is 11.1. The molecule has 0 aromatic heterocycles. The number of carbonyl (C=O) groups is 2. The quantitative estimate of drug-likeness (QED) is 0.508. The molecule has 0 aliphatic heterocycles. The van der Waals surface area contributed by atoms with E-state index in [4.69, 9.17) is 10.2 Å². The molecule has 1 rings (SSSR count). The number of hydrogen-bond donors (Lipinski definition) is 3. The first-order valence-electron chi connectivity index (χ1n) is 4.18. The highest BCUT2D eigenvalue weighted by Crippen LogP contribution is 2.30. The van der Waals surface area contributed by atoms with Crippen LogP contribution in [0, 0.1) is 0 Å². The predicted molar refractivity (Wildman–Crippen MR) is 50.8 cm³/mol. The molecule has 15 heavy (non-hydrogen) atoms. The number of carboxylic acids is 1. The van der Waals surface area contributed by atoms with Crippen LogP contribution in [0.1, 0.15) is 18.4 Å². The second-order valence-electron chi connectivity index (χ2n) is 3.13. The van der Waals surface area contributed by atoms with Crippen molar-refractivity contribution >= 4 is 11.8 Å². The molecule has 5 heteroatoms. The van der Waals surface area contributed by atoms with E-state index in [1.165, 1.54) is 6.07 Å².